The molecule has 0 saturated heterocycles. The molecule has 0 aromatic carbocycles. The first-order chi connectivity index (χ1) is 8.18. The van der Waals surface area contributed by atoms with Crippen molar-refractivity contribution < 1.29 is 98.2 Å². The normalized spacial score (nSPS) is 9.38. The molecule has 0 aromatic rings. The summed E-state index contributed by atoms with van der Waals surface area (Å²) in [6, 6.07) is 0. The van der Waals surface area contributed by atoms with Crippen LogP contribution in [0, 0.1) is 0 Å². The van der Waals surface area contributed by atoms with E-state index in [1.54, 1.807) is 6.92 Å². The standard InChI is InChI=1S/C6H9O2.3Cu.2H3O4P/c1-4-8-6(7)5(2)3;;;;2*1-5(2,3)4/h1-2,4H2,3H3;;;;2*(H3,1,2,3,4)/q;3*+2;;/p-6. The molecule has 0 bridgehead atoms. The smallest absolute Gasteiger partial charge is 0.822 e. The summed E-state index contributed by atoms with van der Waals surface area (Å²) in [5.41, 5.74) is 0.413. The molecule has 136 valence electrons. The van der Waals surface area contributed by atoms with Gasteiger partial charge in [0, 0.05) is 0 Å². The van der Waals surface area contributed by atoms with Gasteiger partial charge in [-0.05, 0) is 0 Å². The molecule has 0 spiro atoms. The van der Waals surface area contributed by atoms with Crippen molar-refractivity contribution in [1.82, 2.24) is 0 Å². The van der Waals surface area contributed by atoms with Crippen molar-refractivity contribution in [2.75, 3.05) is 6.61 Å². The molecular weight excluding hydrogens is 485 g/mol. The van der Waals surface area contributed by atoms with Crippen molar-refractivity contribution in [2.45, 2.75) is 12.2 Å². The van der Waals surface area contributed by atoms with Crippen LogP contribution in [-0.4, -0.2) is 12.6 Å². The molecule has 0 aliphatic heterocycles. The first-order valence-corrected chi connectivity index (χ1v) is 7.56. The van der Waals surface area contributed by atoms with Crippen LogP contribution in [0.4, 0.5) is 0 Å². The van der Waals surface area contributed by atoms with Crippen LogP contribution in [0.3, 0.4) is 0 Å². The number of esters is 1. The van der Waals surface area contributed by atoms with Gasteiger partial charge in [-0.3, -0.25) is 0 Å². The van der Waals surface area contributed by atoms with Gasteiger partial charge in [-0.1, -0.05) is 0 Å². The van der Waals surface area contributed by atoms with Crippen molar-refractivity contribution in [3.63, 3.8) is 0 Å². The number of phosphoric acid groups is 2. The molecule has 15 heteroatoms. The Labute approximate surface area is 150 Å². The Balaban J connectivity index is -0.0000000622. The zero-order chi connectivity index (χ0) is 16.3. The van der Waals surface area contributed by atoms with Crippen molar-refractivity contribution in [3.8, 4) is 0 Å². The molecule has 0 fully saturated rings. The molecule has 0 aromatic heterocycles. The van der Waals surface area contributed by atoms with Crippen LogP contribution in [0.1, 0.15) is 6.92 Å². The molecule has 0 aliphatic carbocycles. The number of hydrogen-bond acceptors (Lipinski definition) is 10. The second-order valence-corrected chi connectivity index (χ2v) is 4.72. The van der Waals surface area contributed by atoms with E-state index in [0.29, 0.717) is 17.5 Å². The van der Waals surface area contributed by atoms with E-state index < -0.39 is 15.6 Å². The Bertz CT molecular complexity index is 327. The summed E-state index contributed by atoms with van der Waals surface area (Å²) in [6.45, 7) is 5.30. The summed E-state index contributed by atoms with van der Waals surface area (Å²) in [5, 5.41) is 0.423. The molecule has 10 nitrogen and oxygen atoms in total. The van der Waals surface area contributed by atoms with Crippen LogP contribution in [0.2, 0.25) is 5.32 Å². The third kappa shape index (κ3) is 93.7. The van der Waals surface area contributed by atoms with Crippen molar-refractivity contribution >= 4 is 21.6 Å². The largest absolute Gasteiger partial charge is 2.00 e. The van der Waals surface area contributed by atoms with Gasteiger partial charge in [-0.2, -0.15) is 15.6 Å². The molecule has 0 unspecified atom stereocenters. The van der Waals surface area contributed by atoms with Gasteiger partial charge >= 0.3 is 96.7 Å². The Hall–Kier alpha value is 0.988. The fourth-order valence-corrected chi connectivity index (χ4v) is 0.343. The van der Waals surface area contributed by atoms with Gasteiger partial charge in [0.25, 0.3) is 0 Å². The van der Waals surface area contributed by atoms with Gasteiger partial charge in [0.05, 0.1) is 0 Å². The fraction of sp³-hybridized carbons (Fsp3) is 0.500. The Morgan fingerprint density at radius 3 is 1.43 bits per heavy atom. The van der Waals surface area contributed by atoms with Gasteiger partial charge in [-0.25, -0.2) is 0 Å². The van der Waals surface area contributed by atoms with Gasteiger partial charge in [0.15, 0.2) is 0 Å². The minimum Gasteiger partial charge on any atom is -0.822 e. The van der Waals surface area contributed by atoms with Gasteiger partial charge < -0.3 is 38.5 Å². The van der Waals surface area contributed by atoms with E-state index in [1.165, 1.54) is 0 Å². The summed E-state index contributed by atoms with van der Waals surface area (Å²) in [5.74, 6) is -0.365. The molecule has 0 saturated carbocycles. The summed E-state index contributed by atoms with van der Waals surface area (Å²) in [6.07, 6.45) is 0. The molecule has 0 N–H and O–H groups in total. The first-order valence-electron chi connectivity index (χ1n) is 3.97. The van der Waals surface area contributed by atoms with E-state index in [-0.39, 0.29) is 40.1 Å². The molecule has 0 amide bonds. The van der Waals surface area contributed by atoms with E-state index in [2.05, 4.69) is 27.3 Å². The number of rotatable bonds is 3. The third-order valence-corrected chi connectivity index (χ3v) is 0.835. The van der Waals surface area contributed by atoms with Gasteiger partial charge in [0.2, 0.25) is 0 Å². The maximum absolute atomic E-state index is 10.5. The Morgan fingerprint density at radius 2 is 1.29 bits per heavy atom. The number of carbonyl (C=O) groups excluding carboxylic acids is 1. The van der Waals surface area contributed by atoms with Gasteiger partial charge in [0.1, 0.15) is 0 Å². The van der Waals surface area contributed by atoms with E-state index in [4.69, 9.17) is 38.5 Å². The van der Waals surface area contributed by atoms with E-state index in [9.17, 15) is 4.79 Å². The maximum Gasteiger partial charge on any atom is 2.00 e. The molecule has 21 heavy (non-hydrogen) atoms. The van der Waals surface area contributed by atoms with Crippen molar-refractivity contribution in [2.24, 2.45) is 0 Å². The van der Waals surface area contributed by atoms with Crippen LogP contribution < -0.4 is 29.4 Å². The summed E-state index contributed by atoms with van der Waals surface area (Å²) >= 11 is 4.68. The second kappa shape index (κ2) is 17.3. The average molecular weight is 494 g/mol. The predicted octanol–water partition coefficient (Wildman–Crippen LogP) is -4.58. The van der Waals surface area contributed by atoms with E-state index in [1.807, 2.05) is 0 Å². The van der Waals surface area contributed by atoms with Crippen LogP contribution in [0.15, 0.2) is 12.2 Å². The topological polar surface area (TPSA) is 199 Å². The SMILES string of the molecule is C=C(C)C(=O)OC[CH2][Cu+2].O=P([O-])([O-])[O-].O=P([O-])([O-])[O-].[Cu+2].[Cu+2]. The first kappa shape index (κ1) is 33.6. The monoisotopic (exact) mass is 492 g/mol. The minimum absolute atomic E-state index is 0. The average Bonchev–Trinajstić information content (AvgIpc) is 2.08. The number of carbonyl (C=O) groups is 1. The third-order valence-electron chi connectivity index (χ3n) is 0.643. The summed E-state index contributed by atoms with van der Waals surface area (Å²) in [7, 11) is -10.8. The van der Waals surface area contributed by atoms with E-state index >= 15 is 0 Å². The molecule has 0 heterocycles. The van der Waals surface area contributed by atoms with Crippen molar-refractivity contribution in [1.29, 1.82) is 0 Å². The maximum atomic E-state index is 10.5. The van der Waals surface area contributed by atoms with Crippen LogP contribution >= 0.6 is 15.6 Å². The minimum atomic E-state index is -5.39. The van der Waals surface area contributed by atoms with Crippen molar-refractivity contribution in [3.05, 3.63) is 12.2 Å². The fourth-order valence-electron chi connectivity index (χ4n) is 0.247. The number of ether oxygens (including phenoxy) is 1. The zero-order valence-electron chi connectivity index (χ0n) is 10.0. The van der Waals surface area contributed by atoms with E-state index in [0.717, 1.165) is 0 Å². The quantitative estimate of drug-likeness (QED) is 0.159. The Morgan fingerprint density at radius 1 is 1.05 bits per heavy atom. The van der Waals surface area contributed by atoms with Crippen LogP contribution in [-0.2, 0) is 68.8 Å². The predicted molar refractivity (Wildman–Crippen MR) is 45.8 cm³/mol. The summed E-state index contributed by atoms with van der Waals surface area (Å²) in [4.78, 5) is 61.8. The van der Waals surface area contributed by atoms with Gasteiger partial charge in [-0.15, -0.1) is 0 Å². The second-order valence-electron chi connectivity index (χ2n) is 2.46. The zero-order valence-corrected chi connectivity index (χ0v) is 14.6. The molecule has 0 aliphatic rings. The molecule has 2 radical (unpaired) electrons. The molecule has 0 atom stereocenters. The van der Waals surface area contributed by atoms with Crippen LogP contribution in [0.5, 0.6) is 0 Å². The molecule has 0 rings (SSSR count). The molecular formula is C6H9Cu3O10P2. The number of hydrogen-bond donors (Lipinski definition) is 0. The Kier molecular flexibility index (Phi) is 27.7. The van der Waals surface area contributed by atoms with Crippen LogP contribution in [0.25, 0.3) is 0 Å². The summed E-state index contributed by atoms with van der Waals surface area (Å²) < 4.78 is 21.7.